The summed E-state index contributed by atoms with van der Waals surface area (Å²) in [5, 5.41) is 0. The molecule has 1 aliphatic rings. The number of likely N-dealkylation sites (tertiary alicyclic amines) is 1. The lowest BCUT2D eigenvalue weighted by Gasteiger charge is -2.29. The van der Waals surface area contributed by atoms with Crippen LogP contribution in [0, 0.1) is 0 Å². The molecule has 0 aromatic heterocycles. The second kappa shape index (κ2) is 6.33. The zero-order chi connectivity index (χ0) is 10.4. The molecule has 1 unspecified atom stereocenters. The first-order valence-corrected chi connectivity index (χ1v) is 6.33. The molecular weight excluding hydrogens is 194 g/mol. The summed E-state index contributed by atoms with van der Waals surface area (Å²) in [7, 11) is 0. The molecule has 1 aliphatic heterocycles. The van der Waals surface area contributed by atoms with Crippen molar-refractivity contribution in [1.29, 1.82) is 0 Å². The summed E-state index contributed by atoms with van der Waals surface area (Å²) in [5.41, 5.74) is 0. The van der Waals surface area contributed by atoms with Crippen molar-refractivity contribution in [2.24, 2.45) is 0 Å². The van der Waals surface area contributed by atoms with Crippen LogP contribution in [-0.4, -0.2) is 29.1 Å². The van der Waals surface area contributed by atoms with Crippen LogP contribution >= 0.6 is 12.6 Å². The normalized spacial score (nSPS) is 23.3. The van der Waals surface area contributed by atoms with Crippen LogP contribution in [0.25, 0.3) is 0 Å². The Labute approximate surface area is 92.5 Å². The first kappa shape index (κ1) is 11.9. The minimum atomic E-state index is 0.300. The third-order valence-corrected chi connectivity index (χ3v) is 3.22. The molecule has 3 heteroatoms. The van der Waals surface area contributed by atoms with E-state index < -0.39 is 0 Å². The summed E-state index contributed by atoms with van der Waals surface area (Å²) in [6.07, 6.45) is 6.62. The highest BCUT2D eigenvalue weighted by Gasteiger charge is 2.22. The molecule has 1 amide bonds. The van der Waals surface area contributed by atoms with Crippen LogP contribution < -0.4 is 0 Å². The molecule has 1 saturated heterocycles. The number of carbonyl (C=O) groups excluding carboxylic acids is 1. The van der Waals surface area contributed by atoms with Gasteiger partial charge in [0.05, 0.1) is 0 Å². The minimum absolute atomic E-state index is 0.300. The third kappa shape index (κ3) is 3.19. The second-order valence-corrected chi connectivity index (χ2v) is 4.42. The van der Waals surface area contributed by atoms with Crippen LogP contribution in [0.2, 0.25) is 0 Å². The summed E-state index contributed by atoms with van der Waals surface area (Å²) in [5.74, 6) is 0.972. The molecule has 0 spiro atoms. The van der Waals surface area contributed by atoms with Crippen molar-refractivity contribution in [2.75, 3.05) is 12.3 Å². The van der Waals surface area contributed by atoms with Crippen molar-refractivity contribution in [1.82, 2.24) is 4.90 Å². The number of hydrogen-bond donors (Lipinski definition) is 1. The fourth-order valence-corrected chi connectivity index (χ4v) is 2.36. The Kier molecular flexibility index (Phi) is 5.38. The fraction of sp³-hybridized carbons (Fsp3) is 0.909. The van der Waals surface area contributed by atoms with Crippen LogP contribution in [0.1, 0.15) is 45.4 Å². The molecule has 0 saturated carbocycles. The van der Waals surface area contributed by atoms with E-state index in [1.165, 1.54) is 25.7 Å². The lowest BCUT2D eigenvalue weighted by Crippen LogP contribution is -2.39. The molecule has 0 bridgehead atoms. The molecule has 0 radical (unpaired) electrons. The van der Waals surface area contributed by atoms with Crippen LogP contribution in [0.5, 0.6) is 0 Å². The number of hydrogen-bond acceptors (Lipinski definition) is 2. The number of rotatable bonds is 3. The van der Waals surface area contributed by atoms with E-state index in [-0.39, 0.29) is 0 Å². The molecule has 2 nitrogen and oxygen atoms in total. The average molecular weight is 215 g/mol. The van der Waals surface area contributed by atoms with Gasteiger partial charge in [-0.3, -0.25) is 4.79 Å². The number of nitrogens with zero attached hydrogens (tertiary/aromatic N) is 1. The summed E-state index contributed by atoms with van der Waals surface area (Å²) in [6, 6.07) is 0.491. The predicted octanol–water partition coefficient (Wildman–Crippen LogP) is 2.49. The van der Waals surface area contributed by atoms with E-state index >= 15 is 0 Å². The number of carbonyl (C=O) groups is 1. The highest BCUT2D eigenvalue weighted by Crippen LogP contribution is 2.19. The van der Waals surface area contributed by atoms with Crippen molar-refractivity contribution < 1.29 is 4.79 Å². The Morgan fingerprint density at radius 2 is 2.21 bits per heavy atom. The molecule has 1 heterocycles. The lowest BCUT2D eigenvalue weighted by atomic mass is 10.1. The molecule has 14 heavy (non-hydrogen) atoms. The maximum Gasteiger partial charge on any atom is 0.223 e. The second-order valence-electron chi connectivity index (χ2n) is 3.97. The lowest BCUT2D eigenvalue weighted by molar-refractivity contribution is -0.133. The van der Waals surface area contributed by atoms with Crippen molar-refractivity contribution in [3.63, 3.8) is 0 Å². The average Bonchev–Trinajstić information content (AvgIpc) is 2.42. The summed E-state index contributed by atoms with van der Waals surface area (Å²) in [4.78, 5) is 13.9. The molecule has 1 fully saturated rings. The zero-order valence-electron chi connectivity index (χ0n) is 9.04. The Morgan fingerprint density at radius 1 is 1.43 bits per heavy atom. The minimum Gasteiger partial charge on any atom is -0.340 e. The van der Waals surface area contributed by atoms with Gasteiger partial charge in [-0.05, 0) is 25.0 Å². The summed E-state index contributed by atoms with van der Waals surface area (Å²) >= 11 is 4.12. The summed E-state index contributed by atoms with van der Waals surface area (Å²) in [6.45, 7) is 3.14. The van der Waals surface area contributed by atoms with Gasteiger partial charge in [0.25, 0.3) is 0 Å². The summed E-state index contributed by atoms with van der Waals surface area (Å²) < 4.78 is 0. The van der Waals surface area contributed by atoms with Gasteiger partial charge in [-0.15, -0.1) is 0 Å². The van der Waals surface area contributed by atoms with E-state index in [1.807, 2.05) is 0 Å². The van der Waals surface area contributed by atoms with Gasteiger partial charge >= 0.3 is 0 Å². The van der Waals surface area contributed by atoms with E-state index in [4.69, 9.17) is 0 Å². The SMILES string of the molecule is CCC1CCCCCN1C(=O)CCS. The first-order valence-electron chi connectivity index (χ1n) is 5.70. The van der Waals surface area contributed by atoms with Gasteiger partial charge in [-0.1, -0.05) is 19.8 Å². The van der Waals surface area contributed by atoms with Gasteiger partial charge in [-0.25, -0.2) is 0 Å². The first-order chi connectivity index (χ1) is 6.79. The van der Waals surface area contributed by atoms with Crippen molar-refractivity contribution in [3.8, 4) is 0 Å². The molecule has 0 aliphatic carbocycles. The van der Waals surface area contributed by atoms with Gasteiger partial charge in [0.1, 0.15) is 0 Å². The van der Waals surface area contributed by atoms with Crippen LogP contribution in [0.4, 0.5) is 0 Å². The van der Waals surface area contributed by atoms with Crippen molar-refractivity contribution >= 4 is 18.5 Å². The highest BCUT2D eigenvalue weighted by atomic mass is 32.1. The highest BCUT2D eigenvalue weighted by molar-refractivity contribution is 7.80. The molecule has 82 valence electrons. The Hall–Kier alpha value is -0.180. The third-order valence-electron chi connectivity index (χ3n) is 2.99. The van der Waals surface area contributed by atoms with Gasteiger partial charge in [0.15, 0.2) is 0 Å². The Morgan fingerprint density at radius 3 is 2.86 bits per heavy atom. The van der Waals surface area contributed by atoms with Gasteiger partial charge in [-0.2, -0.15) is 12.6 Å². The molecule has 1 rings (SSSR count). The topological polar surface area (TPSA) is 20.3 Å². The Bertz CT molecular complexity index is 184. The number of thiol groups is 1. The molecule has 0 aromatic carbocycles. The van der Waals surface area contributed by atoms with Crippen LogP contribution in [0.3, 0.4) is 0 Å². The number of amides is 1. The fourth-order valence-electron chi connectivity index (χ4n) is 2.17. The maximum atomic E-state index is 11.8. The molecule has 0 N–H and O–H groups in total. The zero-order valence-corrected chi connectivity index (χ0v) is 9.93. The van der Waals surface area contributed by atoms with Gasteiger partial charge in [0, 0.05) is 19.0 Å². The van der Waals surface area contributed by atoms with Crippen LogP contribution in [0.15, 0.2) is 0 Å². The molecule has 1 atom stereocenters. The van der Waals surface area contributed by atoms with Gasteiger partial charge < -0.3 is 4.90 Å². The van der Waals surface area contributed by atoms with E-state index in [0.717, 1.165) is 13.0 Å². The monoisotopic (exact) mass is 215 g/mol. The van der Waals surface area contributed by atoms with E-state index in [0.29, 0.717) is 24.1 Å². The van der Waals surface area contributed by atoms with E-state index in [9.17, 15) is 4.79 Å². The smallest absolute Gasteiger partial charge is 0.223 e. The van der Waals surface area contributed by atoms with Gasteiger partial charge in [0.2, 0.25) is 5.91 Å². The van der Waals surface area contributed by atoms with Crippen molar-refractivity contribution in [3.05, 3.63) is 0 Å². The largest absolute Gasteiger partial charge is 0.340 e. The van der Waals surface area contributed by atoms with E-state index in [1.54, 1.807) is 0 Å². The van der Waals surface area contributed by atoms with E-state index in [2.05, 4.69) is 24.5 Å². The Balaban J connectivity index is 2.55. The quantitative estimate of drug-likeness (QED) is 0.717. The standard InChI is InChI=1S/C11H21NOS/c1-2-10-6-4-3-5-8-12(10)11(13)7-9-14/h10,14H,2-9H2,1H3. The molecular formula is C11H21NOS. The maximum absolute atomic E-state index is 11.8. The predicted molar refractivity (Wildman–Crippen MR) is 62.7 cm³/mol. The van der Waals surface area contributed by atoms with Crippen molar-refractivity contribution in [2.45, 2.75) is 51.5 Å². The van der Waals surface area contributed by atoms with Crippen LogP contribution in [-0.2, 0) is 4.79 Å². The molecule has 0 aromatic rings.